The molecule has 0 aromatic heterocycles. The molecule has 0 aliphatic carbocycles. The van der Waals surface area contributed by atoms with E-state index >= 15 is 0 Å². The van der Waals surface area contributed by atoms with Crippen LogP contribution in [-0.2, 0) is 15.0 Å². The predicted molar refractivity (Wildman–Crippen MR) is 90.7 cm³/mol. The van der Waals surface area contributed by atoms with E-state index in [4.69, 9.17) is 0 Å². The topological polar surface area (TPSA) is 40.6 Å². The normalized spacial score (nSPS) is 34.9. The number of hydrogen-bond acceptors (Lipinski definition) is 4. The van der Waals surface area contributed by atoms with Gasteiger partial charge in [-0.1, -0.05) is 53.6 Å². The molecule has 0 N–H and O–H groups in total. The van der Waals surface area contributed by atoms with Gasteiger partial charge in [0.1, 0.15) is 0 Å². The Hall–Kier alpha value is -1.14. The lowest BCUT2D eigenvalue weighted by atomic mass is 9.78. The molecular weight excluding hydrogens is 316 g/mol. The van der Waals surface area contributed by atoms with Crippen LogP contribution in [0.3, 0.4) is 0 Å². The lowest BCUT2D eigenvalue weighted by Crippen LogP contribution is -2.78. The maximum Gasteiger partial charge on any atom is 0.265 e. The molecule has 3 saturated heterocycles. The van der Waals surface area contributed by atoms with E-state index in [1.807, 2.05) is 38.1 Å². The van der Waals surface area contributed by atoms with Crippen LogP contribution in [0.4, 0.5) is 5.69 Å². The van der Waals surface area contributed by atoms with Crippen LogP contribution in [0.1, 0.15) is 33.3 Å². The van der Waals surface area contributed by atoms with E-state index in [9.17, 15) is 9.59 Å². The molecule has 116 valence electrons. The molecule has 2 bridgehead atoms. The lowest BCUT2D eigenvalue weighted by Gasteiger charge is -2.60. The summed E-state index contributed by atoms with van der Waals surface area (Å²) >= 11 is 0. The molecule has 2 amide bonds. The van der Waals surface area contributed by atoms with Crippen LogP contribution >= 0.6 is 21.6 Å². The Morgan fingerprint density at radius 1 is 1.05 bits per heavy atom. The molecule has 1 aromatic carbocycles. The molecule has 5 rings (SSSR count). The van der Waals surface area contributed by atoms with Crippen molar-refractivity contribution in [2.24, 2.45) is 0 Å². The molecule has 0 saturated carbocycles. The summed E-state index contributed by atoms with van der Waals surface area (Å²) < 4.78 is 0. The van der Waals surface area contributed by atoms with Gasteiger partial charge in [0.15, 0.2) is 9.74 Å². The number of hydrogen-bond donors (Lipinski definition) is 0. The largest absolute Gasteiger partial charge is 0.316 e. The first-order valence-corrected chi connectivity index (χ1v) is 9.60. The molecule has 22 heavy (non-hydrogen) atoms. The molecule has 0 radical (unpaired) electrons. The maximum atomic E-state index is 13.4. The van der Waals surface area contributed by atoms with Gasteiger partial charge in [-0.05, 0) is 25.5 Å². The SMILES string of the molecule is CCN1C(=O)C23SSC1(C)C(=O)N2c1ccccc1C3(C)C. The highest BCUT2D eigenvalue weighted by Gasteiger charge is 2.75. The van der Waals surface area contributed by atoms with Gasteiger partial charge in [-0.2, -0.15) is 0 Å². The zero-order chi connectivity index (χ0) is 15.9. The fraction of sp³-hybridized carbons (Fsp3) is 0.500. The molecular formula is C16H18N2O2S2. The Morgan fingerprint density at radius 2 is 1.73 bits per heavy atom. The van der Waals surface area contributed by atoms with Crippen LogP contribution in [0, 0.1) is 0 Å². The van der Waals surface area contributed by atoms with Crippen LogP contribution in [0.25, 0.3) is 0 Å². The van der Waals surface area contributed by atoms with Gasteiger partial charge in [0.05, 0.1) is 0 Å². The number of likely N-dealkylation sites (N-methyl/N-ethyl adjacent to an activating group) is 1. The molecule has 2 atom stereocenters. The molecule has 6 heteroatoms. The molecule has 4 aliphatic heterocycles. The second kappa shape index (κ2) is 4.03. The molecule has 1 spiro atoms. The molecule has 4 nitrogen and oxygen atoms in total. The van der Waals surface area contributed by atoms with Crippen molar-refractivity contribution in [3.63, 3.8) is 0 Å². The van der Waals surface area contributed by atoms with Gasteiger partial charge < -0.3 is 4.90 Å². The Kier molecular flexibility index (Phi) is 2.65. The number of benzene rings is 1. The standard InChI is InChI=1S/C16H18N2O2S2/c1-5-17-13(20)16-14(2,3)10-8-6-7-9-11(10)18(16)12(19)15(17,4)21-22-16/h6-9H,5H2,1-4H3. The lowest BCUT2D eigenvalue weighted by molar-refractivity contribution is -0.150. The minimum Gasteiger partial charge on any atom is -0.316 e. The molecule has 3 fully saturated rings. The fourth-order valence-electron chi connectivity index (χ4n) is 3.99. The average Bonchev–Trinajstić information content (AvgIpc) is 2.69. The average molecular weight is 334 g/mol. The fourth-order valence-corrected chi connectivity index (χ4v) is 7.89. The third kappa shape index (κ3) is 1.23. The number of fused-ring (bicyclic) bond motifs is 3. The van der Waals surface area contributed by atoms with Crippen molar-refractivity contribution in [2.45, 2.75) is 42.9 Å². The Balaban J connectivity index is 2.05. The summed E-state index contributed by atoms with van der Waals surface area (Å²) in [7, 11) is 3.09. The smallest absolute Gasteiger partial charge is 0.265 e. The van der Waals surface area contributed by atoms with E-state index in [-0.39, 0.29) is 11.8 Å². The number of carbonyl (C=O) groups excluding carboxylic acids is 2. The number of carbonyl (C=O) groups is 2. The van der Waals surface area contributed by atoms with E-state index in [0.29, 0.717) is 6.54 Å². The van der Waals surface area contributed by atoms with Crippen molar-refractivity contribution in [2.75, 3.05) is 11.4 Å². The molecule has 1 aromatic rings. The van der Waals surface area contributed by atoms with E-state index in [1.165, 1.54) is 10.8 Å². The number of amides is 2. The van der Waals surface area contributed by atoms with Crippen LogP contribution in [-0.4, -0.2) is 33.0 Å². The zero-order valence-corrected chi connectivity index (χ0v) is 14.7. The van der Waals surface area contributed by atoms with E-state index < -0.39 is 15.2 Å². The van der Waals surface area contributed by atoms with Crippen LogP contribution in [0.5, 0.6) is 0 Å². The minimum absolute atomic E-state index is 0.0238. The predicted octanol–water partition coefficient (Wildman–Crippen LogP) is 2.98. The van der Waals surface area contributed by atoms with Gasteiger partial charge in [-0.15, -0.1) is 0 Å². The summed E-state index contributed by atoms with van der Waals surface area (Å²) in [6.07, 6.45) is 0. The maximum absolute atomic E-state index is 13.4. The first-order valence-electron chi connectivity index (χ1n) is 7.45. The highest BCUT2D eigenvalue weighted by Crippen LogP contribution is 2.69. The van der Waals surface area contributed by atoms with Crippen molar-refractivity contribution < 1.29 is 9.59 Å². The molecule has 4 heterocycles. The van der Waals surface area contributed by atoms with Gasteiger partial charge >= 0.3 is 0 Å². The van der Waals surface area contributed by atoms with Crippen LogP contribution in [0.2, 0.25) is 0 Å². The summed E-state index contributed by atoms with van der Waals surface area (Å²) in [5.41, 5.74) is 1.54. The van der Waals surface area contributed by atoms with E-state index in [0.717, 1.165) is 11.3 Å². The van der Waals surface area contributed by atoms with Crippen molar-refractivity contribution in [3.05, 3.63) is 29.8 Å². The molecule has 2 unspecified atom stereocenters. The van der Waals surface area contributed by atoms with Gasteiger partial charge in [0, 0.05) is 17.6 Å². The van der Waals surface area contributed by atoms with Crippen molar-refractivity contribution in [1.82, 2.24) is 4.90 Å². The number of anilines is 1. The van der Waals surface area contributed by atoms with E-state index in [1.54, 1.807) is 20.6 Å². The zero-order valence-electron chi connectivity index (χ0n) is 13.0. The first-order chi connectivity index (χ1) is 10.3. The highest BCUT2D eigenvalue weighted by molar-refractivity contribution is 8.78. The second-order valence-electron chi connectivity index (χ2n) is 6.63. The first kappa shape index (κ1) is 14.5. The third-order valence-electron chi connectivity index (χ3n) is 5.27. The van der Waals surface area contributed by atoms with Gasteiger partial charge in [0.25, 0.3) is 11.8 Å². The summed E-state index contributed by atoms with van der Waals surface area (Å²) in [6, 6.07) is 7.92. The minimum atomic E-state index is -0.869. The van der Waals surface area contributed by atoms with Crippen molar-refractivity contribution in [1.29, 1.82) is 0 Å². The Morgan fingerprint density at radius 3 is 2.41 bits per heavy atom. The highest BCUT2D eigenvalue weighted by atomic mass is 33.1. The monoisotopic (exact) mass is 334 g/mol. The summed E-state index contributed by atoms with van der Waals surface area (Å²) in [6.45, 7) is 8.51. The van der Waals surface area contributed by atoms with Crippen LogP contribution in [0.15, 0.2) is 24.3 Å². The van der Waals surface area contributed by atoms with E-state index in [2.05, 4.69) is 13.8 Å². The number of para-hydroxylation sites is 1. The van der Waals surface area contributed by atoms with Gasteiger partial charge in [-0.3, -0.25) is 14.5 Å². The number of nitrogens with zero attached hydrogens (tertiary/aromatic N) is 2. The number of piperazine rings is 1. The Labute approximate surface area is 138 Å². The second-order valence-corrected chi connectivity index (χ2v) is 9.34. The quantitative estimate of drug-likeness (QED) is 0.740. The molecule has 4 aliphatic rings. The van der Waals surface area contributed by atoms with Crippen molar-refractivity contribution in [3.8, 4) is 0 Å². The Bertz CT molecular complexity index is 720. The summed E-state index contributed by atoms with van der Waals surface area (Å²) in [5.74, 6) is 0.0813. The van der Waals surface area contributed by atoms with Gasteiger partial charge in [-0.25, -0.2) is 0 Å². The summed E-state index contributed by atoms with van der Waals surface area (Å²) in [5, 5.41) is 0. The third-order valence-corrected chi connectivity index (χ3v) is 9.13. The van der Waals surface area contributed by atoms with Crippen LogP contribution < -0.4 is 4.90 Å². The van der Waals surface area contributed by atoms with Gasteiger partial charge in [0.2, 0.25) is 0 Å². The number of rotatable bonds is 1. The van der Waals surface area contributed by atoms with Crippen molar-refractivity contribution >= 4 is 39.1 Å². The summed E-state index contributed by atoms with van der Waals surface area (Å²) in [4.78, 5) is 28.4.